The number of hydrogen-bond acceptors (Lipinski definition) is 4. The molecule has 3 N–H and O–H groups in total. The summed E-state index contributed by atoms with van der Waals surface area (Å²) in [6.45, 7) is 1.97. The van der Waals surface area contributed by atoms with Gasteiger partial charge in [-0.1, -0.05) is 30.3 Å². The zero-order valence-electron chi connectivity index (χ0n) is 12.0. The van der Waals surface area contributed by atoms with Crippen LogP contribution in [0.2, 0.25) is 0 Å². The molecule has 0 fully saturated rings. The maximum absolute atomic E-state index is 11.7. The maximum atomic E-state index is 11.7. The highest BCUT2D eigenvalue weighted by Crippen LogP contribution is 2.04. The molecule has 114 valence electrons. The molecule has 6 heteroatoms. The van der Waals surface area contributed by atoms with Crippen LogP contribution in [-0.4, -0.2) is 30.4 Å². The van der Waals surface area contributed by atoms with Crippen molar-refractivity contribution in [3.05, 3.63) is 35.9 Å². The number of hydrogen-bond donors (Lipinski definition) is 2. The summed E-state index contributed by atoms with van der Waals surface area (Å²) in [5, 5.41) is 2.54. The Hall–Kier alpha value is -2.37. The predicted octanol–water partition coefficient (Wildman–Crippen LogP) is 0.542. The van der Waals surface area contributed by atoms with Gasteiger partial charge in [-0.25, -0.2) is 0 Å². The summed E-state index contributed by atoms with van der Waals surface area (Å²) in [5.74, 6) is -1.45. The van der Waals surface area contributed by atoms with E-state index >= 15 is 0 Å². The lowest BCUT2D eigenvalue weighted by Gasteiger charge is -2.15. The number of carbonyl (C=O) groups excluding carboxylic acids is 3. The van der Waals surface area contributed by atoms with E-state index in [0.717, 1.165) is 5.56 Å². The molecule has 6 nitrogen and oxygen atoms in total. The van der Waals surface area contributed by atoms with Crippen LogP contribution < -0.4 is 11.1 Å². The number of benzene rings is 1. The molecule has 1 atom stereocenters. The van der Waals surface area contributed by atoms with Crippen LogP contribution in [0.1, 0.15) is 25.3 Å². The van der Waals surface area contributed by atoms with E-state index in [9.17, 15) is 14.4 Å². The van der Waals surface area contributed by atoms with Gasteiger partial charge in [0.2, 0.25) is 11.8 Å². The second-order valence-corrected chi connectivity index (χ2v) is 4.52. The third kappa shape index (κ3) is 6.56. The van der Waals surface area contributed by atoms with Crippen molar-refractivity contribution >= 4 is 17.8 Å². The fraction of sp³-hybridized carbons (Fsp3) is 0.400. The predicted molar refractivity (Wildman–Crippen MR) is 77.1 cm³/mol. The van der Waals surface area contributed by atoms with Gasteiger partial charge in [-0.2, -0.15) is 0 Å². The fourth-order valence-electron chi connectivity index (χ4n) is 1.79. The van der Waals surface area contributed by atoms with Crippen molar-refractivity contribution in [2.45, 2.75) is 32.2 Å². The first-order chi connectivity index (χ1) is 10.0. The highest BCUT2D eigenvalue weighted by Gasteiger charge is 2.19. The van der Waals surface area contributed by atoms with E-state index in [2.05, 4.69) is 5.32 Å². The first-order valence-corrected chi connectivity index (χ1v) is 6.81. The Morgan fingerprint density at radius 2 is 1.86 bits per heavy atom. The van der Waals surface area contributed by atoms with E-state index in [1.54, 1.807) is 6.92 Å². The zero-order valence-corrected chi connectivity index (χ0v) is 12.0. The number of amides is 2. The molecule has 2 amide bonds. The lowest BCUT2D eigenvalue weighted by molar-refractivity contribution is -0.144. The maximum Gasteiger partial charge on any atom is 0.306 e. The molecule has 0 saturated heterocycles. The Morgan fingerprint density at radius 3 is 2.43 bits per heavy atom. The summed E-state index contributed by atoms with van der Waals surface area (Å²) >= 11 is 0. The van der Waals surface area contributed by atoms with Gasteiger partial charge < -0.3 is 15.8 Å². The topological polar surface area (TPSA) is 98.5 Å². The molecule has 0 aliphatic rings. The van der Waals surface area contributed by atoms with Gasteiger partial charge in [0.25, 0.3) is 0 Å². The number of nitrogens with one attached hydrogen (secondary N) is 1. The molecular weight excluding hydrogens is 272 g/mol. The molecule has 0 aromatic heterocycles. The summed E-state index contributed by atoms with van der Waals surface area (Å²) in [4.78, 5) is 34.3. The molecule has 0 aliphatic carbocycles. The number of rotatable bonds is 8. The second-order valence-electron chi connectivity index (χ2n) is 4.52. The van der Waals surface area contributed by atoms with E-state index in [-0.39, 0.29) is 19.4 Å². The van der Waals surface area contributed by atoms with Gasteiger partial charge in [0.05, 0.1) is 13.0 Å². The number of nitrogens with two attached hydrogens (primary N) is 1. The van der Waals surface area contributed by atoms with Crippen molar-refractivity contribution in [3.8, 4) is 0 Å². The SMILES string of the molecule is CCOC(=O)CCC(=O)N[C@@H](Cc1ccccc1)C(N)=O. The Morgan fingerprint density at radius 1 is 1.19 bits per heavy atom. The lowest BCUT2D eigenvalue weighted by Crippen LogP contribution is -2.45. The highest BCUT2D eigenvalue weighted by molar-refractivity contribution is 5.88. The summed E-state index contributed by atoms with van der Waals surface area (Å²) in [6, 6.07) is 8.45. The third-order valence-electron chi connectivity index (χ3n) is 2.82. The van der Waals surface area contributed by atoms with E-state index < -0.39 is 23.8 Å². The van der Waals surface area contributed by atoms with Crippen LogP contribution in [0.25, 0.3) is 0 Å². The van der Waals surface area contributed by atoms with Crippen LogP contribution in [-0.2, 0) is 25.5 Å². The van der Waals surface area contributed by atoms with Crippen LogP contribution in [0.15, 0.2) is 30.3 Å². The first-order valence-electron chi connectivity index (χ1n) is 6.81. The smallest absolute Gasteiger partial charge is 0.306 e. The summed E-state index contributed by atoms with van der Waals surface area (Å²) in [6.07, 6.45) is 0.273. The molecule has 0 radical (unpaired) electrons. The van der Waals surface area contributed by atoms with Crippen molar-refractivity contribution in [2.24, 2.45) is 5.73 Å². The minimum Gasteiger partial charge on any atom is -0.466 e. The van der Waals surface area contributed by atoms with Gasteiger partial charge in [-0.3, -0.25) is 14.4 Å². The summed E-state index contributed by atoms with van der Waals surface area (Å²) in [7, 11) is 0. The molecule has 0 saturated carbocycles. The highest BCUT2D eigenvalue weighted by atomic mass is 16.5. The molecule has 1 aromatic carbocycles. The van der Waals surface area contributed by atoms with Gasteiger partial charge in [-0.15, -0.1) is 0 Å². The van der Waals surface area contributed by atoms with Crippen LogP contribution in [0.3, 0.4) is 0 Å². The van der Waals surface area contributed by atoms with Gasteiger partial charge in [0.15, 0.2) is 0 Å². The fourth-order valence-corrected chi connectivity index (χ4v) is 1.79. The minimum atomic E-state index is -0.790. The van der Waals surface area contributed by atoms with Gasteiger partial charge in [0.1, 0.15) is 6.04 Å². The lowest BCUT2D eigenvalue weighted by atomic mass is 10.1. The second kappa shape index (κ2) is 8.73. The summed E-state index contributed by atoms with van der Waals surface area (Å²) in [5.41, 5.74) is 6.19. The average Bonchev–Trinajstić information content (AvgIpc) is 2.46. The van der Waals surface area contributed by atoms with Crippen LogP contribution in [0.4, 0.5) is 0 Å². The summed E-state index contributed by atoms with van der Waals surface area (Å²) < 4.78 is 4.73. The quantitative estimate of drug-likeness (QED) is 0.683. The Labute approximate surface area is 123 Å². The molecule has 0 bridgehead atoms. The molecule has 0 unspecified atom stereocenters. The molecule has 1 aromatic rings. The molecular formula is C15H20N2O4. The third-order valence-corrected chi connectivity index (χ3v) is 2.82. The Kier molecular flexibility index (Phi) is 6.94. The van der Waals surface area contributed by atoms with Gasteiger partial charge in [-0.05, 0) is 12.5 Å². The van der Waals surface area contributed by atoms with Crippen LogP contribution in [0.5, 0.6) is 0 Å². The van der Waals surface area contributed by atoms with Crippen molar-refractivity contribution in [1.29, 1.82) is 0 Å². The normalized spacial score (nSPS) is 11.5. The number of esters is 1. The number of carbonyl (C=O) groups is 3. The molecule has 21 heavy (non-hydrogen) atoms. The van der Waals surface area contributed by atoms with Crippen molar-refractivity contribution < 1.29 is 19.1 Å². The van der Waals surface area contributed by atoms with Crippen molar-refractivity contribution in [2.75, 3.05) is 6.61 Å². The van der Waals surface area contributed by atoms with Crippen molar-refractivity contribution in [3.63, 3.8) is 0 Å². The zero-order chi connectivity index (χ0) is 15.7. The molecule has 0 aliphatic heterocycles. The van der Waals surface area contributed by atoms with Gasteiger partial charge in [0, 0.05) is 12.8 Å². The number of ether oxygens (including phenoxy) is 1. The van der Waals surface area contributed by atoms with E-state index in [1.807, 2.05) is 30.3 Å². The number of primary amides is 1. The molecule has 0 spiro atoms. The van der Waals surface area contributed by atoms with Crippen LogP contribution >= 0.6 is 0 Å². The monoisotopic (exact) mass is 292 g/mol. The van der Waals surface area contributed by atoms with Crippen LogP contribution in [0, 0.1) is 0 Å². The van der Waals surface area contributed by atoms with E-state index in [4.69, 9.17) is 10.5 Å². The first kappa shape index (κ1) is 16.7. The Bertz CT molecular complexity index is 488. The van der Waals surface area contributed by atoms with Crippen molar-refractivity contribution in [1.82, 2.24) is 5.32 Å². The minimum absolute atomic E-state index is 0.0174. The van der Waals surface area contributed by atoms with Gasteiger partial charge >= 0.3 is 5.97 Å². The average molecular weight is 292 g/mol. The standard InChI is InChI=1S/C15H20N2O4/c1-2-21-14(19)9-8-13(18)17-12(15(16)20)10-11-6-4-3-5-7-11/h3-7,12H,2,8-10H2,1H3,(H2,16,20)(H,17,18)/t12-/m0/s1. The molecule has 1 rings (SSSR count). The van der Waals surface area contributed by atoms with E-state index in [1.165, 1.54) is 0 Å². The Balaban J connectivity index is 2.49. The molecule has 0 heterocycles. The van der Waals surface area contributed by atoms with E-state index in [0.29, 0.717) is 6.42 Å². The largest absolute Gasteiger partial charge is 0.466 e.